The molecule has 0 saturated carbocycles. The minimum absolute atomic E-state index is 0.0513. The molecule has 0 bridgehead atoms. The number of nitrogens with one attached hydrogen (secondary N) is 2. The van der Waals surface area contributed by atoms with Crippen LogP contribution in [0.5, 0.6) is 0 Å². The molecule has 64 valence electrons. The summed E-state index contributed by atoms with van der Waals surface area (Å²) in [6.45, 7) is 4.76. The van der Waals surface area contributed by atoms with Crippen molar-refractivity contribution < 1.29 is 9.18 Å². The maximum absolute atomic E-state index is 11.5. The summed E-state index contributed by atoms with van der Waals surface area (Å²) < 4.78 is 11.5. The summed E-state index contributed by atoms with van der Waals surface area (Å²) in [5.41, 5.74) is 0. The molecule has 0 aromatic carbocycles. The van der Waals surface area contributed by atoms with Gasteiger partial charge in [-0.2, -0.15) is 0 Å². The van der Waals surface area contributed by atoms with E-state index in [1.165, 1.54) is 0 Å². The molecule has 0 saturated heterocycles. The molecule has 0 aliphatic carbocycles. The standard InChI is InChI=1S/C7H13FN2O/c1-3-6(2)10-7(11)9-5-4-8/h3,6H,1,4-5H2,2H3,(H2,9,10,11). The maximum Gasteiger partial charge on any atom is 0.315 e. The Morgan fingerprint density at radius 3 is 2.91 bits per heavy atom. The maximum atomic E-state index is 11.5. The molecule has 2 amide bonds. The van der Waals surface area contributed by atoms with Gasteiger partial charge in [-0.3, -0.25) is 0 Å². The van der Waals surface area contributed by atoms with Crippen molar-refractivity contribution in [2.45, 2.75) is 13.0 Å². The van der Waals surface area contributed by atoms with Crippen LogP contribution < -0.4 is 10.6 Å². The molecular formula is C7H13FN2O. The van der Waals surface area contributed by atoms with E-state index in [0.29, 0.717) is 0 Å². The Bertz CT molecular complexity index is 138. The molecule has 0 aliphatic rings. The van der Waals surface area contributed by atoms with Gasteiger partial charge in [-0.25, -0.2) is 9.18 Å². The lowest BCUT2D eigenvalue weighted by molar-refractivity contribution is 0.238. The fourth-order valence-corrected chi connectivity index (χ4v) is 0.478. The van der Waals surface area contributed by atoms with Gasteiger partial charge in [0.1, 0.15) is 6.67 Å². The number of halogens is 1. The number of alkyl halides is 1. The van der Waals surface area contributed by atoms with Crippen LogP contribution >= 0.6 is 0 Å². The summed E-state index contributed by atoms with van der Waals surface area (Å²) in [5.74, 6) is 0. The fraction of sp³-hybridized carbons (Fsp3) is 0.571. The van der Waals surface area contributed by atoms with Crippen molar-refractivity contribution in [3.05, 3.63) is 12.7 Å². The highest BCUT2D eigenvalue weighted by atomic mass is 19.1. The summed E-state index contributed by atoms with van der Waals surface area (Å²) in [6.07, 6.45) is 1.59. The van der Waals surface area contributed by atoms with E-state index in [-0.39, 0.29) is 18.6 Å². The number of carbonyl (C=O) groups excluding carboxylic acids is 1. The van der Waals surface area contributed by atoms with E-state index in [0.717, 1.165) is 0 Å². The van der Waals surface area contributed by atoms with Gasteiger partial charge in [0.15, 0.2) is 0 Å². The van der Waals surface area contributed by atoms with E-state index in [2.05, 4.69) is 17.2 Å². The second kappa shape index (κ2) is 5.70. The predicted molar refractivity (Wildman–Crippen MR) is 42.2 cm³/mol. The predicted octanol–water partition coefficient (Wildman–Crippen LogP) is 0.830. The van der Waals surface area contributed by atoms with E-state index in [9.17, 15) is 9.18 Å². The molecule has 0 heterocycles. The Kier molecular flexibility index (Phi) is 5.15. The Balaban J connectivity index is 3.43. The number of amides is 2. The Hall–Kier alpha value is -1.06. The highest BCUT2D eigenvalue weighted by Gasteiger charge is 2.00. The summed E-state index contributed by atoms with van der Waals surface area (Å²) >= 11 is 0. The lowest BCUT2D eigenvalue weighted by Crippen LogP contribution is -2.40. The number of hydrogen-bond acceptors (Lipinski definition) is 1. The van der Waals surface area contributed by atoms with Crippen molar-refractivity contribution in [2.24, 2.45) is 0 Å². The van der Waals surface area contributed by atoms with Gasteiger partial charge >= 0.3 is 6.03 Å². The van der Waals surface area contributed by atoms with E-state index in [4.69, 9.17) is 0 Å². The zero-order valence-electron chi connectivity index (χ0n) is 6.56. The van der Waals surface area contributed by atoms with Crippen molar-refractivity contribution >= 4 is 6.03 Å². The largest absolute Gasteiger partial charge is 0.336 e. The van der Waals surface area contributed by atoms with Crippen LogP contribution in [-0.4, -0.2) is 25.3 Å². The molecule has 11 heavy (non-hydrogen) atoms. The first-order valence-electron chi connectivity index (χ1n) is 3.43. The lowest BCUT2D eigenvalue weighted by atomic mass is 10.3. The summed E-state index contributed by atoms with van der Waals surface area (Å²) in [4.78, 5) is 10.7. The number of urea groups is 1. The van der Waals surface area contributed by atoms with Crippen molar-refractivity contribution in [2.75, 3.05) is 13.2 Å². The average Bonchev–Trinajstić information content (AvgIpc) is 2.00. The molecule has 0 spiro atoms. The smallest absolute Gasteiger partial charge is 0.315 e. The zero-order chi connectivity index (χ0) is 8.69. The molecule has 3 nitrogen and oxygen atoms in total. The van der Waals surface area contributed by atoms with Crippen LogP contribution in [0.15, 0.2) is 12.7 Å². The third kappa shape index (κ3) is 5.39. The van der Waals surface area contributed by atoms with E-state index in [1.54, 1.807) is 13.0 Å². The van der Waals surface area contributed by atoms with Crippen LogP contribution in [-0.2, 0) is 0 Å². The van der Waals surface area contributed by atoms with E-state index in [1.807, 2.05) is 0 Å². The van der Waals surface area contributed by atoms with Crippen LogP contribution in [0.4, 0.5) is 9.18 Å². The number of rotatable bonds is 4. The number of hydrogen-bond donors (Lipinski definition) is 2. The van der Waals surface area contributed by atoms with Crippen LogP contribution in [0.2, 0.25) is 0 Å². The van der Waals surface area contributed by atoms with Crippen LogP contribution in [0.3, 0.4) is 0 Å². The van der Waals surface area contributed by atoms with Crippen LogP contribution in [0.1, 0.15) is 6.92 Å². The second-order valence-corrected chi connectivity index (χ2v) is 2.11. The van der Waals surface area contributed by atoms with E-state index >= 15 is 0 Å². The lowest BCUT2D eigenvalue weighted by Gasteiger charge is -2.08. The molecule has 1 atom stereocenters. The van der Waals surface area contributed by atoms with Gasteiger partial charge in [0, 0.05) is 12.6 Å². The van der Waals surface area contributed by atoms with Crippen molar-refractivity contribution in [3.8, 4) is 0 Å². The van der Waals surface area contributed by atoms with Gasteiger partial charge in [0.05, 0.1) is 0 Å². The number of carbonyl (C=O) groups is 1. The topological polar surface area (TPSA) is 41.1 Å². The molecule has 0 aromatic heterocycles. The summed E-state index contributed by atoms with van der Waals surface area (Å²) in [5, 5.41) is 4.85. The second-order valence-electron chi connectivity index (χ2n) is 2.11. The zero-order valence-corrected chi connectivity index (χ0v) is 6.56. The Morgan fingerprint density at radius 2 is 2.45 bits per heavy atom. The van der Waals surface area contributed by atoms with E-state index < -0.39 is 6.67 Å². The summed E-state index contributed by atoms with van der Waals surface area (Å²) in [7, 11) is 0. The Labute approximate surface area is 65.7 Å². The first-order valence-corrected chi connectivity index (χ1v) is 3.43. The van der Waals surface area contributed by atoms with Gasteiger partial charge in [0.25, 0.3) is 0 Å². The third-order valence-electron chi connectivity index (χ3n) is 1.09. The van der Waals surface area contributed by atoms with Gasteiger partial charge < -0.3 is 10.6 Å². The molecule has 0 radical (unpaired) electrons. The highest BCUT2D eigenvalue weighted by molar-refractivity contribution is 5.74. The molecule has 4 heteroatoms. The van der Waals surface area contributed by atoms with Crippen molar-refractivity contribution in [3.63, 3.8) is 0 Å². The Morgan fingerprint density at radius 1 is 1.82 bits per heavy atom. The minimum Gasteiger partial charge on any atom is -0.336 e. The van der Waals surface area contributed by atoms with Crippen molar-refractivity contribution in [1.82, 2.24) is 10.6 Å². The normalized spacial score (nSPS) is 11.8. The molecule has 0 rings (SSSR count). The average molecular weight is 160 g/mol. The van der Waals surface area contributed by atoms with Crippen LogP contribution in [0.25, 0.3) is 0 Å². The molecule has 2 N–H and O–H groups in total. The molecule has 0 fully saturated rings. The monoisotopic (exact) mass is 160 g/mol. The molecule has 0 aromatic rings. The van der Waals surface area contributed by atoms with Gasteiger partial charge in [-0.1, -0.05) is 6.08 Å². The van der Waals surface area contributed by atoms with Crippen molar-refractivity contribution in [1.29, 1.82) is 0 Å². The summed E-state index contributed by atoms with van der Waals surface area (Å²) in [6, 6.07) is -0.454. The first-order chi connectivity index (χ1) is 5.20. The minimum atomic E-state index is -0.546. The first kappa shape index (κ1) is 9.94. The third-order valence-corrected chi connectivity index (χ3v) is 1.09. The van der Waals surface area contributed by atoms with Gasteiger partial charge in [-0.05, 0) is 6.92 Å². The SMILES string of the molecule is C=CC(C)NC(=O)NCCF. The molecule has 0 aliphatic heterocycles. The quantitative estimate of drug-likeness (QED) is 0.587. The van der Waals surface area contributed by atoms with Crippen LogP contribution in [0, 0.1) is 0 Å². The van der Waals surface area contributed by atoms with Gasteiger partial charge in [0.2, 0.25) is 0 Å². The van der Waals surface area contributed by atoms with Gasteiger partial charge in [-0.15, -0.1) is 6.58 Å². The fourth-order valence-electron chi connectivity index (χ4n) is 0.478. The molecular weight excluding hydrogens is 147 g/mol. The highest BCUT2D eigenvalue weighted by Crippen LogP contribution is 1.80. The molecule has 1 unspecified atom stereocenters.